The van der Waals surface area contributed by atoms with Crippen molar-refractivity contribution in [2.75, 3.05) is 20.2 Å². The third-order valence-corrected chi connectivity index (χ3v) is 4.70. The molecule has 9 heteroatoms. The Morgan fingerprint density at radius 2 is 2.04 bits per heavy atom. The van der Waals surface area contributed by atoms with Crippen molar-refractivity contribution >= 4 is 17.0 Å². The van der Waals surface area contributed by atoms with Crippen LogP contribution in [0.5, 0.6) is 11.8 Å². The van der Waals surface area contributed by atoms with Gasteiger partial charge in [0, 0.05) is 18.9 Å². The van der Waals surface area contributed by atoms with Crippen LogP contribution in [-0.4, -0.2) is 51.6 Å². The molecule has 9 nitrogen and oxygen atoms in total. The summed E-state index contributed by atoms with van der Waals surface area (Å²) >= 11 is 0. The highest BCUT2D eigenvalue weighted by Crippen LogP contribution is 2.24. The Hall–Kier alpha value is -3.36. The summed E-state index contributed by atoms with van der Waals surface area (Å²) in [5.74, 6) is -0.0829. The molecule has 2 aromatic heterocycles. The lowest BCUT2D eigenvalue weighted by molar-refractivity contribution is -0.134. The first kappa shape index (κ1) is 18.0. The zero-order valence-corrected chi connectivity index (χ0v) is 15.4. The van der Waals surface area contributed by atoms with Crippen molar-refractivity contribution in [3.05, 3.63) is 47.2 Å². The van der Waals surface area contributed by atoms with Gasteiger partial charge in [-0.25, -0.2) is 14.8 Å². The van der Waals surface area contributed by atoms with E-state index in [1.807, 2.05) is 0 Å². The fourth-order valence-electron chi connectivity index (χ4n) is 3.35. The van der Waals surface area contributed by atoms with E-state index in [9.17, 15) is 9.59 Å². The number of amides is 1. The average Bonchev–Trinajstić information content (AvgIpc) is 3.04. The lowest BCUT2D eigenvalue weighted by atomic mass is 10.1. The van der Waals surface area contributed by atoms with Gasteiger partial charge in [0.25, 0.3) is 11.8 Å². The van der Waals surface area contributed by atoms with E-state index < -0.39 is 5.76 Å². The second-order valence-electron chi connectivity index (χ2n) is 6.51. The molecule has 0 radical (unpaired) electrons. The van der Waals surface area contributed by atoms with E-state index in [0.717, 1.165) is 12.8 Å². The van der Waals surface area contributed by atoms with E-state index in [1.54, 1.807) is 29.2 Å². The van der Waals surface area contributed by atoms with E-state index in [-0.39, 0.29) is 18.6 Å². The molecule has 0 saturated carbocycles. The van der Waals surface area contributed by atoms with Crippen LogP contribution in [0.2, 0.25) is 0 Å². The molecule has 0 bridgehead atoms. The predicted molar refractivity (Wildman–Crippen MR) is 99.3 cm³/mol. The minimum absolute atomic E-state index is 0.0724. The Morgan fingerprint density at radius 3 is 2.86 bits per heavy atom. The molecule has 1 aromatic carbocycles. The van der Waals surface area contributed by atoms with Crippen LogP contribution in [0, 0.1) is 0 Å². The molecule has 3 aromatic rings. The minimum Gasteiger partial charge on any atom is -0.477 e. The first-order valence-electron chi connectivity index (χ1n) is 9.03. The number of methoxy groups -OCH3 is 1. The Morgan fingerprint density at radius 1 is 1.25 bits per heavy atom. The summed E-state index contributed by atoms with van der Waals surface area (Å²) in [6, 6.07) is 7.05. The quantitative estimate of drug-likeness (QED) is 0.657. The Bertz CT molecular complexity index is 1040. The average molecular weight is 384 g/mol. The highest BCUT2D eigenvalue weighted by molar-refractivity contribution is 5.79. The van der Waals surface area contributed by atoms with E-state index in [4.69, 9.17) is 13.9 Å². The summed E-state index contributed by atoms with van der Waals surface area (Å²) < 4.78 is 17.6. The van der Waals surface area contributed by atoms with Gasteiger partial charge in [-0.1, -0.05) is 12.1 Å². The number of oxazole rings is 1. The topological polar surface area (TPSA) is 99.7 Å². The maximum atomic E-state index is 12.8. The number of hydrogen-bond donors (Lipinski definition) is 0. The number of nitrogens with zero attached hydrogens (tertiary/aromatic N) is 4. The second kappa shape index (κ2) is 7.71. The van der Waals surface area contributed by atoms with Crippen LogP contribution in [0.15, 0.2) is 45.9 Å². The summed E-state index contributed by atoms with van der Waals surface area (Å²) in [6.07, 6.45) is 4.41. The van der Waals surface area contributed by atoms with Gasteiger partial charge in [0.2, 0.25) is 5.91 Å². The molecule has 3 heterocycles. The number of rotatable bonds is 5. The molecule has 0 unspecified atom stereocenters. The monoisotopic (exact) mass is 384 g/mol. The molecule has 28 heavy (non-hydrogen) atoms. The number of likely N-dealkylation sites (tertiary alicyclic amines) is 1. The molecule has 1 atom stereocenters. The van der Waals surface area contributed by atoms with Crippen LogP contribution in [-0.2, 0) is 11.3 Å². The summed E-state index contributed by atoms with van der Waals surface area (Å²) in [5.41, 5.74) is 1.07. The normalized spacial score (nSPS) is 16.9. The van der Waals surface area contributed by atoms with Crippen molar-refractivity contribution in [2.24, 2.45) is 0 Å². The van der Waals surface area contributed by atoms with Crippen molar-refractivity contribution in [1.29, 1.82) is 0 Å². The third-order valence-electron chi connectivity index (χ3n) is 4.70. The van der Waals surface area contributed by atoms with Gasteiger partial charge in [-0.05, 0) is 25.0 Å². The number of fused-ring (bicyclic) bond motifs is 1. The Balaban J connectivity index is 1.46. The predicted octanol–water partition coefficient (Wildman–Crippen LogP) is 1.46. The van der Waals surface area contributed by atoms with Crippen molar-refractivity contribution in [2.45, 2.75) is 25.5 Å². The van der Waals surface area contributed by atoms with Crippen LogP contribution in [0.25, 0.3) is 11.1 Å². The molecule has 4 rings (SSSR count). The Labute approximate surface area is 160 Å². The number of carbonyl (C=O) groups excluding carboxylic acids is 1. The van der Waals surface area contributed by atoms with Gasteiger partial charge in [-0.3, -0.25) is 9.36 Å². The van der Waals surface area contributed by atoms with Crippen LogP contribution in [0.4, 0.5) is 0 Å². The van der Waals surface area contributed by atoms with E-state index in [1.165, 1.54) is 24.1 Å². The van der Waals surface area contributed by atoms with Crippen molar-refractivity contribution in [3.63, 3.8) is 0 Å². The molecule has 0 aliphatic carbocycles. The van der Waals surface area contributed by atoms with Crippen LogP contribution >= 0.6 is 0 Å². The maximum Gasteiger partial charge on any atom is 0.420 e. The zero-order valence-electron chi connectivity index (χ0n) is 15.4. The summed E-state index contributed by atoms with van der Waals surface area (Å²) in [6.45, 7) is 0.945. The van der Waals surface area contributed by atoms with Crippen LogP contribution in [0.1, 0.15) is 12.8 Å². The lowest BCUT2D eigenvalue weighted by Gasteiger charge is -2.32. The van der Waals surface area contributed by atoms with Gasteiger partial charge in [-0.2, -0.15) is 0 Å². The standard InChI is InChI=1S/C19H20N4O5/c1-26-17-18(21-9-8-20-17)27-13-5-4-10-22(11-13)16(24)12-23-14-6-2-3-7-15(14)28-19(23)25/h2-3,6-9,13H,4-5,10-12H2,1H3/t13-/m0/s1. The third kappa shape index (κ3) is 3.55. The van der Waals surface area contributed by atoms with Crippen molar-refractivity contribution in [1.82, 2.24) is 19.4 Å². The molecule has 1 fully saturated rings. The molecule has 1 saturated heterocycles. The number of ether oxygens (including phenoxy) is 2. The van der Waals surface area contributed by atoms with E-state index in [2.05, 4.69) is 9.97 Å². The molecule has 146 valence electrons. The maximum absolute atomic E-state index is 12.8. The van der Waals surface area contributed by atoms with Gasteiger partial charge < -0.3 is 18.8 Å². The number of para-hydroxylation sites is 2. The Kier molecular flexibility index (Phi) is 4.96. The highest BCUT2D eigenvalue weighted by atomic mass is 16.5. The van der Waals surface area contributed by atoms with Gasteiger partial charge in [0.15, 0.2) is 5.58 Å². The number of carbonyl (C=O) groups is 1. The first-order valence-corrected chi connectivity index (χ1v) is 9.03. The smallest absolute Gasteiger partial charge is 0.420 e. The lowest BCUT2D eigenvalue weighted by Crippen LogP contribution is -2.46. The van der Waals surface area contributed by atoms with E-state index in [0.29, 0.717) is 35.9 Å². The number of aromatic nitrogens is 3. The SMILES string of the molecule is COc1nccnc1O[C@H]1CCCN(C(=O)Cn2c(=O)oc3ccccc32)C1. The molecule has 1 aliphatic rings. The molecule has 0 spiro atoms. The van der Waals surface area contributed by atoms with Gasteiger partial charge in [0.1, 0.15) is 12.6 Å². The number of piperidine rings is 1. The molecule has 0 N–H and O–H groups in total. The molecule has 1 aliphatic heterocycles. The first-order chi connectivity index (χ1) is 13.7. The fourth-order valence-corrected chi connectivity index (χ4v) is 3.35. The molecular formula is C19H20N4O5. The van der Waals surface area contributed by atoms with E-state index >= 15 is 0 Å². The molecule has 1 amide bonds. The van der Waals surface area contributed by atoms with Gasteiger partial charge in [0.05, 0.1) is 19.2 Å². The highest BCUT2D eigenvalue weighted by Gasteiger charge is 2.27. The van der Waals surface area contributed by atoms with Crippen LogP contribution < -0.4 is 15.2 Å². The summed E-state index contributed by atoms with van der Waals surface area (Å²) in [4.78, 5) is 34.8. The van der Waals surface area contributed by atoms with Crippen molar-refractivity contribution < 1.29 is 18.7 Å². The summed E-state index contributed by atoms with van der Waals surface area (Å²) in [5, 5.41) is 0. The fraction of sp³-hybridized carbons (Fsp3) is 0.368. The van der Waals surface area contributed by atoms with Gasteiger partial charge >= 0.3 is 5.76 Å². The molecular weight excluding hydrogens is 364 g/mol. The largest absolute Gasteiger partial charge is 0.477 e. The van der Waals surface area contributed by atoms with Gasteiger partial charge in [-0.15, -0.1) is 0 Å². The number of hydrogen-bond acceptors (Lipinski definition) is 7. The zero-order chi connectivity index (χ0) is 19.5. The minimum atomic E-state index is -0.538. The van der Waals surface area contributed by atoms with Crippen molar-refractivity contribution in [3.8, 4) is 11.8 Å². The number of benzene rings is 1. The second-order valence-corrected chi connectivity index (χ2v) is 6.51. The van der Waals surface area contributed by atoms with Crippen LogP contribution in [0.3, 0.4) is 0 Å². The summed E-state index contributed by atoms with van der Waals surface area (Å²) in [7, 11) is 1.50.